The molecule has 0 atom stereocenters. The molecule has 0 aromatic heterocycles. The van der Waals surface area contributed by atoms with Crippen molar-refractivity contribution in [2.75, 3.05) is 25.4 Å². The van der Waals surface area contributed by atoms with Crippen molar-refractivity contribution in [1.29, 1.82) is 10.5 Å². The van der Waals surface area contributed by atoms with Crippen LogP contribution in [0.2, 0.25) is 0 Å². The monoisotopic (exact) mass is 423 g/mol. The Labute approximate surface area is 159 Å². The Hall–Kier alpha value is -2.03. The van der Waals surface area contributed by atoms with Crippen LogP contribution in [0.3, 0.4) is 0 Å². The number of hydrogen-bond acceptors (Lipinski definition) is 6. The summed E-state index contributed by atoms with van der Waals surface area (Å²) in [5.74, 6) is -0.781. The van der Waals surface area contributed by atoms with Gasteiger partial charge in [-0.2, -0.15) is 10.5 Å². The summed E-state index contributed by atoms with van der Waals surface area (Å²) in [4.78, 5) is 26.2. The van der Waals surface area contributed by atoms with E-state index < -0.39 is 11.9 Å². The van der Waals surface area contributed by atoms with E-state index in [4.69, 9.17) is 15.3 Å². The highest BCUT2D eigenvalue weighted by molar-refractivity contribution is 9.10. The number of nitrogens with zero attached hydrogens (tertiary/aromatic N) is 3. The second kappa shape index (κ2) is 11.5. The maximum atomic E-state index is 12.0. The van der Waals surface area contributed by atoms with Gasteiger partial charge in [0.05, 0.1) is 30.7 Å². The minimum atomic E-state index is -0.485. The molecule has 25 heavy (non-hydrogen) atoms. The van der Waals surface area contributed by atoms with Crippen molar-refractivity contribution in [2.45, 2.75) is 24.7 Å². The van der Waals surface area contributed by atoms with Crippen LogP contribution in [-0.4, -0.2) is 42.2 Å². The van der Waals surface area contributed by atoms with Crippen LogP contribution in [0, 0.1) is 29.6 Å². The molecule has 1 rings (SSSR count). The summed E-state index contributed by atoms with van der Waals surface area (Å²) in [6, 6.07) is 9.67. The molecule has 6 nitrogen and oxygen atoms in total. The van der Waals surface area contributed by atoms with Crippen LogP contribution in [-0.2, 0) is 14.3 Å². The quantitative estimate of drug-likeness (QED) is 0.447. The van der Waals surface area contributed by atoms with E-state index in [2.05, 4.69) is 15.9 Å². The van der Waals surface area contributed by atoms with E-state index in [0.717, 1.165) is 14.9 Å². The zero-order chi connectivity index (χ0) is 18.7. The normalized spacial score (nSPS) is 9.76. The predicted octanol–water partition coefficient (Wildman–Crippen LogP) is 3.05. The summed E-state index contributed by atoms with van der Waals surface area (Å²) in [5.41, 5.74) is 1.04. The molecular weight excluding hydrogens is 406 g/mol. The lowest BCUT2D eigenvalue weighted by atomic mass is 10.2. The van der Waals surface area contributed by atoms with Gasteiger partial charge in [0, 0.05) is 22.5 Å². The fourth-order valence-corrected chi connectivity index (χ4v) is 3.20. The molecule has 0 saturated carbocycles. The molecule has 0 aliphatic heterocycles. The Morgan fingerprint density at radius 3 is 2.44 bits per heavy atom. The smallest absolute Gasteiger partial charge is 0.316 e. The summed E-state index contributed by atoms with van der Waals surface area (Å²) in [6.45, 7) is 2.02. The molecule has 8 heteroatoms. The third-order valence-corrected chi connectivity index (χ3v) is 4.82. The number of hydrogen-bond donors (Lipinski definition) is 0. The third-order valence-electron chi connectivity index (χ3n) is 3.18. The van der Waals surface area contributed by atoms with Crippen molar-refractivity contribution in [2.24, 2.45) is 0 Å². The lowest BCUT2D eigenvalue weighted by Crippen LogP contribution is -2.36. The van der Waals surface area contributed by atoms with E-state index in [1.54, 1.807) is 0 Å². The van der Waals surface area contributed by atoms with Crippen LogP contribution in [0.4, 0.5) is 0 Å². The molecule has 0 heterocycles. The number of rotatable bonds is 9. The number of amides is 1. The number of halogens is 1. The Balaban J connectivity index is 2.44. The average Bonchev–Trinajstić information content (AvgIpc) is 2.59. The molecule has 0 unspecified atom stereocenters. The number of esters is 1. The topological polar surface area (TPSA) is 94.2 Å². The standard InChI is InChI=1S/C17H18BrN3O3S/c1-13-10-14(18)4-5-15(13)25-12-17(23)24-11-16(22)21(8-2-6-19)9-3-7-20/h4-5,10H,2-3,8-9,11-12H2,1H3. The molecule has 1 aromatic carbocycles. The van der Waals surface area contributed by atoms with Gasteiger partial charge in [0.15, 0.2) is 6.61 Å². The first-order chi connectivity index (χ1) is 12.0. The molecular formula is C17H18BrN3O3S. The number of carbonyl (C=O) groups excluding carboxylic acids is 2. The van der Waals surface area contributed by atoms with Gasteiger partial charge in [-0.15, -0.1) is 11.8 Å². The second-order valence-electron chi connectivity index (χ2n) is 5.06. The maximum Gasteiger partial charge on any atom is 0.316 e. The first kappa shape index (κ1) is 21.0. The molecule has 0 aliphatic carbocycles. The summed E-state index contributed by atoms with van der Waals surface area (Å²) >= 11 is 4.73. The highest BCUT2D eigenvalue weighted by Crippen LogP contribution is 2.25. The summed E-state index contributed by atoms with van der Waals surface area (Å²) in [7, 11) is 0. The van der Waals surface area contributed by atoms with Gasteiger partial charge in [-0.25, -0.2) is 0 Å². The molecule has 0 N–H and O–H groups in total. The molecule has 0 spiro atoms. The van der Waals surface area contributed by atoms with E-state index in [0.29, 0.717) is 0 Å². The SMILES string of the molecule is Cc1cc(Br)ccc1SCC(=O)OCC(=O)N(CCC#N)CCC#N. The lowest BCUT2D eigenvalue weighted by molar-refractivity contribution is -0.149. The Kier molecular flexibility index (Phi) is 9.68. The maximum absolute atomic E-state index is 12.0. The van der Waals surface area contributed by atoms with Gasteiger partial charge in [-0.05, 0) is 30.7 Å². The molecule has 0 radical (unpaired) electrons. The van der Waals surface area contributed by atoms with E-state index in [-0.39, 0.29) is 38.3 Å². The summed E-state index contributed by atoms with van der Waals surface area (Å²) < 4.78 is 5.97. The number of aryl methyl sites for hydroxylation is 1. The highest BCUT2D eigenvalue weighted by atomic mass is 79.9. The molecule has 1 amide bonds. The van der Waals surface area contributed by atoms with Crippen LogP contribution in [0.15, 0.2) is 27.6 Å². The average molecular weight is 424 g/mol. The largest absolute Gasteiger partial charge is 0.455 e. The number of thioether (sulfide) groups is 1. The zero-order valence-corrected chi connectivity index (χ0v) is 16.2. The second-order valence-corrected chi connectivity index (χ2v) is 6.99. The first-order valence-electron chi connectivity index (χ1n) is 7.54. The van der Waals surface area contributed by atoms with Crippen LogP contribution in [0.1, 0.15) is 18.4 Å². The number of ether oxygens (including phenoxy) is 1. The van der Waals surface area contributed by atoms with Gasteiger partial charge in [0.25, 0.3) is 5.91 Å². The number of nitriles is 2. The van der Waals surface area contributed by atoms with E-state index in [1.807, 2.05) is 37.3 Å². The fraction of sp³-hybridized carbons (Fsp3) is 0.412. The molecule has 0 bridgehead atoms. The predicted molar refractivity (Wildman–Crippen MR) is 97.6 cm³/mol. The van der Waals surface area contributed by atoms with Crippen molar-refractivity contribution >= 4 is 39.6 Å². The van der Waals surface area contributed by atoms with Gasteiger partial charge < -0.3 is 9.64 Å². The Morgan fingerprint density at radius 1 is 1.24 bits per heavy atom. The van der Waals surface area contributed by atoms with Gasteiger partial charge in [0.1, 0.15) is 0 Å². The van der Waals surface area contributed by atoms with Gasteiger partial charge in [-0.3, -0.25) is 9.59 Å². The zero-order valence-electron chi connectivity index (χ0n) is 13.8. The van der Waals surface area contributed by atoms with Crippen molar-refractivity contribution < 1.29 is 14.3 Å². The van der Waals surface area contributed by atoms with E-state index in [1.165, 1.54) is 16.7 Å². The summed E-state index contributed by atoms with van der Waals surface area (Å²) in [6.07, 6.45) is 0.341. The van der Waals surface area contributed by atoms with Crippen LogP contribution >= 0.6 is 27.7 Å². The molecule has 0 saturated heterocycles. The number of benzene rings is 1. The first-order valence-corrected chi connectivity index (χ1v) is 9.32. The summed E-state index contributed by atoms with van der Waals surface area (Å²) in [5, 5.41) is 17.2. The fourth-order valence-electron chi connectivity index (χ4n) is 1.92. The van der Waals surface area contributed by atoms with Crippen molar-refractivity contribution in [1.82, 2.24) is 4.90 Å². The lowest BCUT2D eigenvalue weighted by Gasteiger charge is -2.20. The van der Waals surface area contributed by atoms with Crippen LogP contribution in [0.25, 0.3) is 0 Å². The van der Waals surface area contributed by atoms with Crippen LogP contribution < -0.4 is 0 Å². The van der Waals surface area contributed by atoms with Gasteiger partial charge >= 0.3 is 5.97 Å². The highest BCUT2D eigenvalue weighted by Gasteiger charge is 2.15. The van der Waals surface area contributed by atoms with Gasteiger partial charge in [0.2, 0.25) is 0 Å². The minimum absolute atomic E-state index is 0.103. The Morgan fingerprint density at radius 2 is 1.88 bits per heavy atom. The third kappa shape index (κ3) is 8.06. The van der Waals surface area contributed by atoms with Crippen LogP contribution in [0.5, 0.6) is 0 Å². The van der Waals surface area contributed by atoms with Crippen molar-refractivity contribution in [3.63, 3.8) is 0 Å². The molecule has 0 aliphatic rings. The number of carbonyl (C=O) groups is 2. The Bertz CT molecular complexity index is 679. The van der Waals surface area contributed by atoms with Crippen molar-refractivity contribution in [3.8, 4) is 12.1 Å². The van der Waals surface area contributed by atoms with E-state index in [9.17, 15) is 9.59 Å². The molecule has 0 fully saturated rings. The molecule has 132 valence electrons. The van der Waals surface area contributed by atoms with Gasteiger partial charge in [-0.1, -0.05) is 15.9 Å². The molecule has 1 aromatic rings. The minimum Gasteiger partial charge on any atom is -0.455 e. The van der Waals surface area contributed by atoms with E-state index >= 15 is 0 Å². The van der Waals surface area contributed by atoms with Crippen molar-refractivity contribution in [3.05, 3.63) is 28.2 Å².